The molecule has 0 atom stereocenters. The Hall–Kier alpha value is -7.68. The minimum atomic E-state index is -0.438. The van der Waals surface area contributed by atoms with E-state index in [0.29, 0.717) is 0 Å². The van der Waals surface area contributed by atoms with Crippen molar-refractivity contribution >= 4 is 60.5 Å². The fourth-order valence-corrected chi connectivity index (χ4v) is 10.5. The quantitative estimate of drug-likeness (QED) is 0.178. The van der Waals surface area contributed by atoms with Crippen LogP contribution in [0.3, 0.4) is 0 Å². The standard InChI is InChI=1S/C57H35NO/c1-2-14-43-36(12-1)13-11-19-44(43)39-25-24-38-33-40(27-26-37(38)32-39)58(41-29-31-56-50(34-41)49-18-6-10-23-55(49)59-56)42-28-30-48-47-17-5-9-22-53(47)57(54(48)35-42)51-20-7-3-15-45(51)46-16-4-8-21-52(46)57/h1-35H. The van der Waals surface area contributed by atoms with Crippen molar-refractivity contribution in [3.05, 3.63) is 235 Å². The smallest absolute Gasteiger partial charge is 0.135 e. The predicted octanol–water partition coefficient (Wildman–Crippen LogP) is 15.4. The molecule has 2 aliphatic rings. The molecular weight excluding hydrogens is 715 g/mol. The van der Waals surface area contributed by atoms with E-state index in [1.807, 2.05) is 6.07 Å². The van der Waals surface area contributed by atoms with E-state index in [-0.39, 0.29) is 0 Å². The van der Waals surface area contributed by atoms with Gasteiger partial charge in [0.1, 0.15) is 11.2 Å². The molecule has 1 aromatic heterocycles. The van der Waals surface area contributed by atoms with Crippen molar-refractivity contribution in [1.29, 1.82) is 0 Å². The molecule has 11 aromatic rings. The van der Waals surface area contributed by atoms with E-state index < -0.39 is 5.41 Å². The number of rotatable bonds is 4. The van der Waals surface area contributed by atoms with Crippen LogP contribution in [-0.4, -0.2) is 0 Å². The Morgan fingerprint density at radius 3 is 1.61 bits per heavy atom. The summed E-state index contributed by atoms with van der Waals surface area (Å²) in [6, 6.07) is 78.2. The van der Waals surface area contributed by atoms with Crippen molar-refractivity contribution in [3.8, 4) is 33.4 Å². The predicted molar refractivity (Wildman–Crippen MR) is 245 cm³/mol. The highest BCUT2D eigenvalue weighted by Crippen LogP contribution is 2.63. The normalized spacial score (nSPS) is 13.2. The molecule has 0 N–H and O–H groups in total. The summed E-state index contributed by atoms with van der Waals surface area (Å²) >= 11 is 0. The number of furan rings is 1. The average Bonchev–Trinajstić information content (AvgIpc) is 3.92. The SMILES string of the molecule is c1ccc2c(c1)-c1ccccc1C21c2ccccc2-c2ccc(N(c3ccc4cc(-c5cccc6ccccc56)ccc4c3)c3ccc4oc5ccccc5c4c3)cc21. The van der Waals surface area contributed by atoms with Crippen LogP contribution in [0.1, 0.15) is 22.3 Å². The third-order valence-electron chi connectivity index (χ3n) is 13.0. The Morgan fingerprint density at radius 1 is 0.305 bits per heavy atom. The van der Waals surface area contributed by atoms with E-state index in [0.717, 1.165) is 39.0 Å². The Morgan fingerprint density at radius 2 is 0.831 bits per heavy atom. The van der Waals surface area contributed by atoms with Crippen molar-refractivity contribution in [2.24, 2.45) is 0 Å². The van der Waals surface area contributed by atoms with Gasteiger partial charge in [0.15, 0.2) is 0 Å². The van der Waals surface area contributed by atoms with Gasteiger partial charge in [-0.1, -0.05) is 158 Å². The van der Waals surface area contributed by atoms with Crippen LogP contribution in [0.5, 0.6) is 0 Å². The molecule has 1 heterocycles. The van der Waals surface area contributed by atoms with Gasteiger partial charge >= 0.3 is 0 Å². The second-order valence-electron chi connectivity index (χ2n) is 16.0. The van der Waals surface area contributed by atoms with Gasteiger partial charge in [0.25, 0.3) is 0 Å². The maximum Gasteiger partial charge on any atom is 0.135 e. The summed E-state index contributed by atoms with van der Waals surface area (Å²) in [5.74, 6) is 0. The van der Waals surface area contributed by atoms with E-state index in [9.17, 15) is 0 Å². The topological polar surface area (TPSA) is 16.4 Å². The van der Waals surface area contributed by atoms with Gasteiger partial charge < -0.3 is 9.32 Å². The van der Waals surface area contributed by atoms with Crippen LogP contribution in [0.4, 0.5) is 17.1 Å². The molecule has 0 fully saturated rings. The average molecular weight is 750 g/mol. The van der Waals surface area contributed by atoms with Gasteiger partial charge in [0.05, 0.1) is 5.41 Å². The summed E-state index contributed by atoms with van der Waals surface area (Å²) in [5, 5.41) is 7.14. The molecule has 274 valence electrons. The van der Waals surface area contributed by atoms with Crippen LogP contribution < -0.4 is 4.90 Å². The van der Waals surface area contributed by atoms with Crippen LogP contribution >= 0.6 is 0 Å². The largest absolute Gasteiger partial charge is 0.456 e. The second kappa shape index (κ2) is 12.2. The molecule has 2 heteroatoms. The second-order valence-corrected chi connectivity index (χ2v) is 16.0. The van der Waals surface area contributed by atoms with Gasteiger partial charge in [0, 0.05) is 27.8 Å². The van der Waals surface area contributed by atoms with E-state index >= 15 is 0 Å². The number of hydrogen-bond acceptors (Lipinski definition) is 2. The number of nitrogens with zero attached hydrogens (tertiary/aromatic N) is 1. The molecule has 0 aliphatic heterocycles. The van der Waals surface area contributed by atoms with Crippen molar-refractivity contribution in [2.75, 3.05) is 4.90 Å². The van der Waals surface area contributed by atoms with Crippen molar-refractivity contribution < 1.29 is 4.42 Å². The van der Waals surface area contributed by atoms with Crippen molar-refractivity contribution in [3.63, 3.8) is 0 Å². The van der Waals surface area contributed by atoms with E-state index in [2.05, 4.69) is 211 Å². The maximum absolute atomic E-state index is 6.34. The van der Waals surface area contributed by atoms with Gasteiger partial charge in [-0.05, 0) is 132 Å². The highest BCUT2D eigenvalue weighted by atomic mass is 16.3. The summed E-state index contributed by atoms with van der Waals surface area (Å²) in [7, 11) is 0. The molecule has 1 spiro atoms. The minimum Gasteiger partial charge on any atom is -0.456 e. The molecule has 2 nitrogen and oxygen atoms in total. The zero-order valence-electron chi connectivity index (χ0n) is 32.1. The summed E-state index contributed by atoms with van der Waals surface area (Å²) < 4.78 is 6.34. The van der Waals surface area contributed by atoms with E-state index in [1.165, 1.54) is 77.2 Å². The summed E-state index contributed by atoms with van der Waals surface area (Å²) in [6.07, 6.45) is 0. The Balaban J connectivity index is 1.04. The van der Waals surface area contributed by atoms with Crippen molar-refractivity contribution in [2.45, 2.75) is 5.41 Å². The third-order valence-corrected chi connectivity index (χ3v) is 13.0. The fourth-order valence-electron chi connectivity index (χ4n) is 10.5. The zero-order valence-corrected chi connectivity index (χ0v) is 32.1. The summed E-state index contributed by atoms with van der Waals surface area (Å²) in [4.78, 5) is 2.43. The summed E-state index contributed by atoms with van der Waals surface area (Å²) in [5.41, 5.74) is 17.6. The lowest BCUT2D eigenvalue weighted by molar-refractivity contribution is 0.669. The lowest BCUT2D eigenvalue weighted by Crippen LogP contribution is -2.26. The Labute approximate surface area is 341 Å². The van der Waals surface area contributed by atoms with Gasteiger partial charge in [-0.15, -0.1) is 0 Å². The molecule has 13 rings (SSSR count). The minimum absolute atomic E-state index is 0.438. The first-order valence-electron chi connectivity index (χ1n) is 20.4. The van der Waals surface area contributed by atoms with Crippen LogP contribution in [0.2, 0.25) is 0 Å². The Kier molecular flexibility index (Phi) is 6.68. The summed E-state index contributed by atoms with van der Waals surface area (Å²) in [6.45, 7) is 0. The van der Waals surface area contributed by atoms with E-state index in [1.54, 1.807) is 0 Å². The molecule has 0 bridgehead atoms. The number of para-hydroxylation sites is 1. The first kappa shape index (κ1) is 32.4. The monoisotopic (exact) mass is 749 g/mol. The third kappa shape index (κ3) is 4.51. The molecule has 0 unspecified atom stereocenters. The first-order chi connectivity index (χ1) is 29.2. The Bertz CT molecular complexity index is 3470. The number of hydrogen-bond donors (Lipinski definition) is 0. The molecule has 10 aromatic carbocycles. The molecule has 0 saturated carbocycles. The molecule has 0 radical (unpaired) electrons. The lowest BCUT2D eigenvalue weighted by atomic mass is 9.70. The van der Waals surface area contributed by atoms with Crippen LogP contribution in [0.25, 0.3) is 76.9 Å². The van der Waals surface area contributed by atoms with Crippen molar-refractivity contribution in [1.82, 2.24) is 0 Å². The maximum atomic E-state index is 6.34. The number of benzene rings is 10. The molecule has 0 amide bonds. The highest BCUT2D eigenvalue weighted by molar-refractivity contribution is 6.07. The first-order valence-corrected chi connectivity index (χ1v) is 20.4. The van der Waals surface area contributed by atoms with Crippen LogP contribution in [0, 0.1) is 0 Å². The lowest BCUT2D eigenvalue weighted by Gasteiger charge is -2.32. The molecule has 59 heavy (non-hydrogen) atoms. The molecule has 0 saturated heterocycles. The highest BCUT2D eigenvalue weighted by Gasteiger charge is 2.51. The van der Waals surface area contributed by atoms with E-state index in [4.69, 9.17) is 4.42 Å². The molecule has 2 aliphatic carbocycles. The van der Waals surface area contributed by atoms with Gasteiger partial charge in [0.2, 0.25) is 0 Å². The number of anilines is 3. The fraction of sp³-hybridized carbons (Fsp3) is 0.0175. The zero-order chi connectivity index (χ0) is 38.7. The van der Waals surface area contributed by atoms with Crippen LogP contribution in [-0.2, 0) is 5.41 Å². The molecular formula is C57H35NO. The number of fused-ring (bicyclic) bond motifs is 15. The van der Waals surface area contributed by atoms with Gasteiger partial charge in [-0.25, -0.2) is 0 Å². The van der Waals surface area contributed by atoms with Crippen LogP contribution in [0.15, 0.2) is 217 Å². The van der Waals surface area contributed by atoms with Gasteiger partial charge in [-0.3, -0.25) is 0 Å². The van der Waals surface area contributed by atoms with Gasteiger partial charge in [-0.2, -0.15) is 0 Å².